The van der Waals surface area contributed by atoms with Gasteiger partial charge in [-0.3, -0.25) is 4.79 Å². The zero-order chi connectivity index (χ0) is 11.9. The fraction of sp³-hybridized carbons (Fsp3) is 0.750. The van der Waals surface area contributed by atoms with E-state index in [9.17, 15) is 4.79 Å². The van der Waals surface area contributed by atoms with Gasteiger partial charge >= 0.3 is 0 Å². The molecule has 1 N–H and O–H groups in total. The van der Waals surface area contributed by atoms with Crippen molar-refractivity contribution in [1.82, 2.24) is 10.2 Å². The van der Waals surface area contributed by atoms with Gasteiger partial charge in [-0.15, -0.1) is 10.2 Å². The van der Waals surface area contributed by atoms with Crippen molar-refractivity contribution < 1.29 is 4.79 Å². The molecule has 0 radical (unpaired) electrons. The van der Waals surface area contributed by atoms with E-state index in [-0.39, 0.29) is 5.91 Å². The smallest absolute Gasteiger partial charge is 0.225 e. The molecule has 2 saturated carbocycles. The van der Waals surface area contributed by atoms with E-state index in [1.54, 1.807) is 11.3 Å². The first-order chi connectivity index (χ1) is 8.21. The van der Waals surface area contributed by atoms with Crippen LogP contribution in [-0.4, -0.2) is 16.1 Å². The Hall–Kier alpha value is -0.970. The molecular weight excluding hydrogens is 234 g/mol. The van der Waals surface area contributed by atoms with Gasteiger partial charge in [0.2, 0.25) is 11.0 Å². The highest BCUT2D eigenvalue weighted by molar-refractivity contribution is 7.15. The molecule has 0 unspecified atom stereocenters. The molecule has 4 nitrogen and oxygen atoms in total. The van der Waals surface area contributed by atoms with Gasteiger partial charge in [-0.25, -0.2) is 0 Å². The lowest BCUT2D eigenvalue weighted by atomic mass is 9.52. The van der Waals surface area contributed by atoms with E-state index in [0.29, 0.717) is 22.9 Å². The van der Waals surface area contributed by atoms with Gasteiger partial charge in [-0.1, -0.05) is 24.7 Å². The van der Waals surface area contributed by atoms with Crippen molar-refractivity contribution >= 4 is 22.4 Å². The molecule has 1 aromatic heterocycles. The molecule has 0 saturated heterocycles. The summed E-state index contributed by atoms with van der Waals surface area (Å²) in [4.78, 5) is 11.2. The lowest BCUT2D eigenvalue weighted by molar-refractivity contribution is -0.115. The van der Waals surface area contributed by atoms with Gasteiger partial charge in [-0.2, -0.15) is 0 Å². The van der Waals surface area contributed by atoms with Gasteiger partial charge in [0.05, 0.1) is 0 Å². The number of anilines is 1. The average molecular weight is 251 g/mol. The normalized spacial score (nSPS) is 21.9. The third kappa shape index (κ3) is 1.97. The molecule has 3 rings (SSSR count). The molecular formula is C12H17N3OS. The Morgan fingerprint density at radius 2 is 2.24 bits per heavy atom. The van der Waals surface area contributed by atoms with Crippen LogP contribution in [0.4, 0.5) is 5.13 Å². The highest BCUT2D eigenvalue weighted by Gasteiger charge is 2.49. The van der Waals surface area contributed by atoms with Crippen LogP contribution < -0.4 is 5.32 Å². The van der Waals surface area contributed by atoms with E-state index in [2.05, 4.69) is 15.5 Å². The van der Waals surface area contributed by atoms with Gasteiger partial charge in [0.25, 0.3) is 0 Å². The third-order valence-corrected chi connectivity index (χ3v) is 5.13. The molecule has 2 aliphatic carbocycles. The highest BCUT2D eigenvalue weighted by Crippen LogP contribution is 2.62. The zero-order valence-corrected chi connectivity index (χ0v) is 10.8. The Bertz CT molecular complexity index is 431. The van der Waals surface area contributed by atoms with Gasteiger partial charge < -0.3 is 5.32 Å². The lowest BCUT2D eigenvalue weighted by Crippen LogP contribution is -2.41. The average Bonchev–Trinajstić information content (AvgIpc) is 2.62. The molecule has 1 heterocycles. The first-order valence-electron chi connectivity index (χ1n) is 6.34. The molecule has 1 aromatic rings. The first kappa shape index (κ1) is 11.1. The fourth-order valence-electron chi connectivity index (χ4n) is 2.90. The Morgan fingerprint density at radius 1 is 1.47 bits per heavy atom. The van der Waals surface area contributed by atoms with Gasteiger partial charge in [0.15, 0.2) is 0 Å². The van der Waals surface area contributed by atoms with Crippen LogP contribution in [0.15, 0.2) is 0 Å². The van der Waals surface area contributed by atoms with E-state index in [4.69, 9.17) is 0 Å². The summed E-state index contributed by atoms with van der Waals surface area (Å²) < 4.78 is 0. The molecule has 0 atom stereocenters. The summed E-state index contributed by atoms with van der Waals surface area (Å²) in [7, 11) is 0. The second-order valence-electron chi connectivity index (χ2n) is 5.31. The summed E-state index contributed by atoms with van der Waals surface area (Å²) in [6, 6.07) is 0. The van der Waals surface area contributed by atoms with E-state index in [0.717, 1.165) is 5.01 Å². The van der Waals surface area contributed by atoms with Crippen LogP contribution in [-0.2, 0) is 4.79 Å². The molecule has 5 heteroatoms. The monoisotopic (exact) mass is 251 g/mol. The maximum Gasteiger partial charge on any atom is 0.225 e. The van der Waals surface area contributed by atoms with Crippen LogP contribution in [0.1, 0.15) is 56.4 Å². The fourth-order valence-corrected chi connectivity index (χ4v) is 3.76. The van der Waals surface area contributed by atoms with Gasteiger partial charge in [-0.05, 0) is 31.1 Å². The SMILES string of the molecule is CCC(=O)Nc1nnc(C2CC3(CCC3)C2)s1. The second kappa shape index (κ2) is 4.05. The minimum atomic E-state index is 0.0109. The number of carbonyl (C=O) groups is 1. The molecule has 2 fully saturated rings. The number of nitrogens with one attached hydrogen (secondary N) is 1. The minimum Gasteiger partial charge on any atom is -0.301 e. The summed E-state index contributed by atoms with van der Waals surface area (Å²) in [6.07, 6.45) is 7.26. The third-order valence-electron chi connectivity index (χ3n) is 4.13. The van der Waals surface area contributed by atoms with Gasteiger partial charge in [0.1, 0.15) is 5.01 Å². The van der Waals surface area contributed by atoms with Crippen molar-refractivity contribution in [2.45, 2.75) is 51.4 Å². The number of aromatic nitrogens is 2. The van der Waals surface area contributed by atoms with E-state index >= 15 is 0 Å². The van der Waals surface area contributed by atoms with Crippen molar-refractivity contribution in [1.29, 1.82) is 0 Å². The topological polar surface area (TPSA) is 54.9 Å². The number of rotatable bonds is 3. The Morgan fingerprint density at radius 3 is 2.82 bits per heavy atom. The van der Waals surface area contributed by atoms with Crippen molar-refractivity contribution in [2.24, 2.45) is 5.41 Å². The summed E-state index contributed by atoms with van der Waals surface area (Å²) in [5, 5.41) is 12.8. The van der Waals surface area contributed by atoms with Crippen molar-refractivity contribution in [3.05, 3.63) is 5.01 Å². The van der Waals surface area contributed by atoms with Crippen molar-refractivity contribution in [3.63, 3.8) is 0 Å². The maximum atomic E-state index is 11.2. The largest absolute Gasteiger partial charge is 0.301 e. The Balaban J connectivity index is 1.60. The molecule has 1 amide bonds. The molecule has 2 aliphatic rings. The van der Waals surface area contributed by atoms with Crippen molar-refractivity contribution in [2.75, 3.05) is 5.32 Å². The standard InChI is InChI=1S/C12H17N3OS/c1-2-9(16)13-11-15-14-10(17-11)8-6-12(7-8)4-3-5-12/h8H,2-7H2,1H3,(H,13,15,16). The Kier molecular flexibility index (Phi) is 2.65. The number of hydrogen-bond acceptors (Lipinski definition) is 4. The van der Waals surface area contributed by atoms with E-state index in [1.807, 2.05) is 6.92 Å². The summed E-state index contributed by atoms with van der Waals surface area (Å²) in [6.45, 7) is 1.84. The molecule has 0 bridgehead atoms. The van der Waals surface area contributed by atoms with Crippen LogP contribution >= 0.6 is 11.3 Å². The number of nitrogens with zero attached hydrogens (tertiary/aromatic N) is 2. The van der Waals surface area contributed by atoms with E-state index < -0.39 is 0 Å². The summed E-state index contributed by atoms with van der Waals surface area (Å²) >= 11 is 1.54. The van der Waals surface area contributed by atoms with Gasteiger partial charge in [0, 0.05) is 12.3 Å². The number of amides is 1. The molecule has 17 heavy (non-hydrogen) atoms. The van der Waals surface area contributed by atoms with Crippen LogP contribution in [0.5, 0.6) is 0 Å². The molecule has 92 valence electrons. The Labute approximate surface area is 105 Å². The molecule has 1 spiro atoms. The summed E-state index contributed by atoms with van der Waals surface area (Å²) in [5.74, 6) is 0.608. The van der Waals surface area contributed by atoms with Crippen LogP contribution in [0.25, 0.3) is 0 Å². The predicted molar refractivity (Wildman–Crippen MR) is 67.1 cm³/mol. The van der Waals surface area contributed by atoms with Crippen molar-refractivity contribution in [3.8, 4) is 0 Å². The van der Waals surface area contributed by atoms with Crippen LogP contribution in [0, 0.1) is 5.41 Å². The quantitative estimate of drug-likeness (QED) is 0.898. The lowest BCUT2D eigenvalue weighted by Gasteiger charge is -2.53. The molecule has 0 aromatic carbocycles. The number of carbonyl (C=O) groups excluding carboxylic acids is 1. The minimum absolute atomic E-state index is 0.0109. The first-order valence-corrected chi connectivity index (χ1v) is 7.16. The second-order valence-corrected chi connectivity index (χ2v) is 6.32. The van der Waals surface area contributed by atoms with E-state index in [1.165, 1.54) is 32.1 Å². The number of hydrogen-bond donors (Lipinski definition) is 1. The van der Waals surface area contributed by atoms with Crippen LogP contribution in [0.2, 0.25) is 0 Å². The molecule has 0 aliphatic heterocycles. The summed E-state index contributed by atoms with van der Waals surface area (Å²) in [5.41, 5.74) is 0.670. The maximum absolute atomic E-state index is 11.2. The van der Waals surface area contributed by atoms with Crippen LogP contribution in [0.3, 0.4) is 0 Å². The predicted octanol–water partition coefficient (Wildman–Crippen LogP) is 2.93. The highest BCUT2D eigenvalue weighted by atomic mass is 32.1. The zero-order valence-electron chi connectivity index (χ0n) is 10.0.